The first-order chi connectivity index (χ1) is 10.1. The van der Waals surface area contributed by atoms with E-state index in [1.54, 1.807) is 6.26 Å². The van der Waals surface area contributed by atoms with Crippen LogP contribution in [-0.2, 0) is 6.54 Å². The molecular weight excluding hydrogens is 268 g/mol. The third kappa shape index (κ3) is 4.10. The summed E-state index contributed by atoms with van der Waals surface area (Å²) in [6, 6.07) is 9.07. The van der Waals surface area contributed by atoms with Crippen LogP contribution in [0.4, 0.5) is 4.79 Å². The first-order valence-electron chi connectivity index (χ1n) is 6.86. The van der Waals surface area contributed by atoms with Crippen LogP contribution in [0.1, 0.15) is 28.6 Å². The fraction of sp³-hybridized carbons (Fsp3) is 0.312. The van der Waals surface area contributed by atoms with E-state index < -0.39 is 6.10 Å². The van der Waals surface area contributed by atoms with Crippen LogP contribution in [0.3, 0.4) is 0 Å². The van der Waals surface area contributed by atoms with Gasteiger partial charge in [0, 0.05) is 18.7 Å². The molecule has 0 aliphatic heterocycles. The van der Waals surface area contributed by atoms with Crippen LogP contribution in [0, 0.1) is 13.8 Å². The summed E-state index contributed by atoms with van der Waals surface area (Å²) in [6.45, 7) is 4.34. The number of nitrogens with one attached hydrogen (secondary N) is 2. The zero-order valence-electron chi connectivity index (χ0n) is 12.2. The average Bonchev–Trinajstić information content (AvgIpc) is 2.88. The normalized spacial score (nSPS) is 12.0. The zero-order chi connectivity index (χ0) is 15.2. The Balaban J connectivity index is 1.79. The van der Waals surface area contributed by atoms with Gasteiger partial charge in [0.15, 0.2) is 0 Å². The maximum absolute atomic E-state index is 11.7. The minimum absolute atomic E-state index is 0.168. The van der Waals surface area contributed by atoms with Gasteiger partial charge in [-0.15, -0.1) is 0 Å². The number of furan rings is 1. The van der Waals surface area contributed by atoms with E-state index >= 15 is 0 Å². The number of urea groups is 1. The van der Waals surface area contributed by atoms with Crippen LogP contribution in [0.15, 0.2) is 41.0 Å². The van der Waals surface area contributed by atoms with Gasteiger partial charge in [0.25, 0.3) is 0 Å². The van der Waals surface area contributed by atoms with Crippen LogP contribution in [0.2, 0.25) is 0 Å². The maximum Gasteiger partial charge on any atom is 0.315 e. The molecule has 0 radical (unpaired) electrons. The molecule has 3 N–H and O–H groups in total. The minimum Gasteiger partial charge on any atom is -0.469 e. The summed E-state index contributed by atoms with van der Waals surface area (Å²) in [7, 11) is 0. The topological polar surface area (TPSA) is 74.5 Å². The number of carbonyl (C=O) groups excluding carboxylic acids is 1. The van der Waals surface area contributed by atoms with Crippen molar-refractivity contribution in [1.82, 2.24) is 10.6 Å². The van der Waals surface area contributed by atoms with Crippen molar-refractivity contribution in [3.8, 4) is 0 Å². The smallest absolute Gasteiger partial charge is 0.315 e. The fourth-order valence-electron chi connectivity index (χ4n) is 2.09. The van der Waals surface area contributed by atoms with Gasteiger partial charge in [0.2, 0.25) is 0 Å². The second kappa shape index (κ2) is 6.95. The Hall–Kier alpha value is -2.27. The summed E-state index contributed by atoms with van der Waals surface area (Å²) in [5, 5.41) is 15.5. The third-order valence-corrected chi connectivity index (χ3v) is 3.41. The van der Waals surface area contributed by atoms with Gasteiger partial charge < -0.3 is 20.2 Å². The van der Waals surface area contributed by atoms with Gasteiger partial charge >= 0.3 is 6.03 Å². The van der Waals surface area contributed by atoms with Crippen molar-refractivity contribution in [3.63, 3.8) is 0 Å². The molecule has 2 amide bonds. The molecule has 2 aromatic rings. The van der Waals surface area contributed by atoms with E-state index in [0.717, 1.165) is 22.5 Å². The highest BCUT2D eigenvalue weighted by Gasteiger charge is 2.11. The van der Waals surface area contributed by atoms with E-state index in [1.807, 2.05) is 44.2 Å². The van der Waals surface area contributed by atoms with Crippen molar-refractivity contribution >= 4 is 6.03 Å². The molecule has 0 aliphatic rings. The van der Waals surface area contributed by atoms with Gasteiger partial charge in [-0.25, -0.2) is 4.79 Å². The molecule has 1 atom stereocenters. The van der Waals surface area contributed by atoms with Gasteiger partial charge in [-0.3, -0.25) is 0 Å². The molecule has 0 bridgehead atoms. The molecule has 1 aromatic carbocycles. The van der Waals surface area contributed by atoms with Crippen molar-refractivity contribution < 1.29 is 14.3 Å². The standard InChI is InChI=1S/C16H20N2O3/c1-11-5-3-4-6-14(11)15(19)10-18-16(20)17-9-13-7-8-21-12(13)2/h3-8,15,19H,9-10H2,1-2H3,(H2,17,18,20). The molecule has 0 fully saturated rings. The number of aliphatic hydroxyl groups excluding tert-OH is 1. The van der Waals surface area contributed by atoms with E-state index in [9.17, 15) is 9.90 Å². The van der Waals surface area contributed by atoms with E-state index in [-0.39, 0.29) is 12.6 Å². The van der Waals surface area contributed by atoms with Crippen molar-refractivity contribution in [2.24, 2.45) is 0 Å². The molecule has 0 saturated heterocycles. The molecule has 1 unspecified atom stereocenters. The number of hydrogen-bond donors (Lipinski definition) is 3. The first-order valence-corrected chi connectivity index (χ1v) is 6.86. The lowest BCUT2D eigenvalue weighted by atomic mass is 10.0. The minimum atomic E-state index is -0.715. The second-order valence-electron chi connectivity index (χ2n) is 4.94. The maximum atomic E-state index is 11.7. The first kappa shape index (κ1) is 15.1. The largest absolute Gasteiger partial charge is 0.469 e. The molecular formula is C16H20N2O3. The molecule has 5 nitrogen and oxygen atoms in total. The number of amides is 2. The summed E-state index contributed by atoms with van der Waals surface area (Å²) in [5.41, 5.74) is 2.76. The molecule has 0 aliphatic carbocycles. The van der Waals surface area contributed by atoms with Crippen LogP contribution >= 0.6 is 0 Å². The lowest BCUT2D eigenvalue weighted by Gasteiger charge is -2.14. The van der Waals surface area contributed by atoms with Crippen molar-refractivity contribution in [3.05, 3.63) is 59.0 Å². The van der Waals surface area contributed by atoms with Crippen LogP contribution in [0.25, 0.3) is 0 Å². The number of carbonyl (C=O) groups is 1. The number of rotatable bonds is 5. The lowest BCUT2D eigenvalue weighted by molar-refractivity contribution is 0.172. The predicted molar refractivity (Wildman–Crippen MR) is 79.8 cm³/mol. The summed E-state index contributed by atoms with van der Waals surface area (Å²) in [4.78, 5) is 11.7. The number of hydrogen-bond acceptors (Lipinski definition) is 3. The Morgan fingerprint density at radius 1 is 1.24 bits per heavy atom. The molecule has 21 heavy (non-hydrogen) atoms. The van der Waals surface area contributed by atoms with E-state index in [2.05, 4.69) is 10.6 Å². The molecule has 1 aromatic heterocycles. The SMILES string of the molecule is Cc1ccccc1C(O)CNC(=O)NCc1ccoc1C. The zero-order valence-corrected chi connectivity index (χ0v) is 12.2. The molecule has 112 valence electrons. The summed E-state index contributed by atoms with van der Waals surface area (Å²) < 4.78 is 5.15. The molecule has 5 heteroatoms. The van der Waals surface area contributed by atoms with Gasteiger partial charge in [-0.2, -0.15) is 0 Å². The van der Waals surface area contributed by atoms with E-state index in [4.69, 9.17) is 4.42 Å². The molecule has 0 spiro atoms. The van der Waals surface area contributed by atoms with E-state index in [1.165, 1.54) is 0 Å². The van der Waals surface area contributed by atoms with Gasteiger partial charge in [-0.1, -0.05) is 24.3 Å². The monoisotopic (exact) mass is 288 g/mol. The average molecular weight is 288 g/mol. The number of aliphatic hydroxyl groups is 1. The van der Waals surface area contributed by atoms with Crippen molar-refractivity contribution in [2.75, 3.05) is 6.54 Å². The number of benzene rings is 1. The highest BCUT2D eigenvalue weighted by atomic mass is 16.3. The summed E-state index contributed by atoms with van der Waals surface area (Å²) in [6.07, 6.45) is 0.874. The van der Waals surface area contributed by atoms with E-state index in [0.29, 0.717) is 6.54 Å². The van der Waals surface area contributed by atoms with Crippen LogP contribution in [0.5, 0.6) is 0 Å². The summed E-state index contributed by atoms with van der Waals surface area (Å²) in [5.74, 6) is 0.787. The van der Waals surface area contributed by atoms with Gasteiger partial charge in [0.05, 0.1) is 12.4 Å². The van der Waals surface area contributed by atoms with Gasteiger partial charge in [-0.05, 0) is 31.0 Å². The number of aryl methyl sites for hydroxylation is 2. The summed E-state index contributed by atoms with van der Waals surface area (Å²) >= 11 is 0. The Morgan fingerprint density at radius 2 is 2.00 bits per heavy atom. The van der Waals surface area contributed by atoms with Crippen molar-refractivity contribution in [1.29, 1.82) is 0 Å². The lowest BCUT2D eigenvalue weighted by Crippen LogP contribution is -2.37. The van der Waals surface area contributed by atoms with Crippen LogP contribution in [-0.4, -0.2) is 17.7 Å². The fourth-order valence-corrected chi connectivity index (χ4v) is 2.09. The third-order valence-electron chi connectivity index (χ3n) is 3.41. The quantitative estimate of drug-likeness (QED) is 0.791. The predicted octanol–water partition coefficient (Wildman–Crippen LogP) is 2.43. The molecule has 2 rings (SSSR count). The Morgan fingerprint density at radius 3 is 2.67 bits per heavy atom. The Kier molecular flexibility index (Phi) is 5.00. The Bertz CT molecular complexity index is 607. The highest BCUT2D eigenvalue weighted by molar-refractivity contribution is 5.73. The second-order valence-corrected chi connectivity index (χ2v) is 4.94. The Labute approximate surface area is 124 Å². The molecule has 1 heterocycles. The molecule has 0 saturated carbocycles. The van der Waals surface area contributed by atoms with Gasteiger partial charge in [0.1, 0.15) is 5.76 Å². The van der Waals surface area contributed by atoms with Crippen LogP contribution < -0.4 is 10.6 Å². The van der Waals surface area contributed by atoms with Crippen molar-refractivity contribution in [2.45, 2.75) is 26.5 Å². The highest BCUT2D eigenvalue weighted by Crippen LogP contribution is 2.16.